The minimum Gasteiger partial charge on any atom is -0.299 e. The fourth-order valence-corrected chi connectivity index (χ4v) is 4.05. The lowest BCUT2D eigenvalue weighted by Gasteiger charge is -2.17. The molecule has 0 saturated carbocycles. The van der Waals surface area contributed by atoms with Crippen molar-refractivity contribution >= 4 is 10.0 Å². The third kappa shape index (κ3) is 4.23. The Morgan fingerprint density at radius 1 is 0.958 bits per heavy atom. The zero-order valence-corrected chi connectivity index (χ0v) is 14.8. The van der Waals surface area contributed by atoms with E-state index in [1.165, 1.54) is 18.4 Å². The summed E-state index contributed by atoms with van der Waals surface area (Å²) in [5.41, 5.74) is 3.29. The molecule has 5 heteroatoms. The van der Waals surface area contributed by atoms with Crippen molar-refractivity contribution in [2.75, 3.05) is 13.1 Å². The summed E-state index contributed by atoms with van der Waals surface area (Å²) in [6, 6.07) is 15.0. The van der Waals surface area contributed by atoms with Gasteiger partial charge in [-0.25, -0.2) is 13.1 Å². The third-order valence-corrected chi connectivity index (χ3v) is 5.91. The van der Waals surface area contributed by atoms with Gasteiger partial charge in [-0.15, -0.1) is 0 Å². The maximum absolute atomic E-state index is 12.5. The van der Waals surface area contributed by atoms with Crippen molar-refractivity contribution in [2.24, 2.45) is 0 Å². The first-order chi connectivity index (χ1) is 11.5. The van der Waals surface area contributed by atoms with Gasteiger partial charge in [0, 0.05) is 13.1 Å². The van der Waals surface area contributed by atoms with E-state index in [0.717, 1.165) is 30.8 Å². The molecule has 0 unspecified atom stereocenters. The van der Waals surface area contributed by atoms with E-state index >= 15 is 0 Å². The van der Waals surface area contributed by atoms with Gasteiger partial charge in [0.25, 0.3) is 0 Å². The zero-order chi connectivity index (χ0) is 17.0. The smallest absolute Gasteiger partial charge is 0.240 e. The van der Waals surface area contributed by atoms with Gasteiger partial charge < -0.3 is 0 Å². The van der Waals surface area contributed by atoms with Crippen LogP contribution in [0.5, 0.6) is 0 Å². The molecular weight excluding hydrogens is 320 g/mol. The van der Waals surface area contributed by atoms with Gasteiger partial charge in [0.1, 0.15) is 0 Å². The summed E-state index contributed by atoms with van der Waals surface area (Å²) in [6.07, 6.45) is 2.50. The summed E-state index contributed by atoms with van der Waals surface area (Å²) < 4.78 is 27.6. The molecule has 1 aliphatic heterocycles. The first kappa shape index (κ1) is 17.1. The summed E-state index contributed by atoms with van der Waals surface area (Å²) in [7, 11) is -3.48. The highest BCUT2D eigenvalue weighted by atomic mass is 32.2. The normalized spacial score (nSPS) is 15.7. The molecule has 2 aromatic carbocycles. The molecular formula is C19H24N2O2S. The summed E-state index contributed by atoms with van der Waals surface area (Å²) in [5.74, 6) is 0. The van der Waals surface area contributed by atoms with E-state index < -0.39 is 10.0 Å². The second-order valence-corrected chi connectivity index (χ2v) is 8.16. The van der Waals surface area contributed by atoms with Crippen LogP contribution in [0.2, 0.25) is 0 Å². The van der Waals surface area contributed by atoms with Crippen LogP contribution in [0, 0.1) is 6.92 Å². The molecule has 0 radical (unpaired) electrons. The predicted molar refractivity (Wildman–Crippen MR) is 96.2 cm³/mol. The van der Waals surface area contributed by atoms with Crippen LogP contribution in [0.4, 0.5) is 0 Å². The summed E-state index contributed by atoms with van der Waals surface area (Å²) >= 11 is 0. The Balaban J connectivity index is 1.70. The molecule has 0 aromatic heterocycles. The summed E-state index contributed by atoms with van der Waals surface area (Å²) in [6.45, 7) is 5.41. The highest BCUT2D eigenvalue weighted by Crippen LogP contribution is 2.17. The fraction of sp³-hybridized carbons (Fsp3) is 0.368. The van der Waals surface area contributed by atoms with Gasteiger partial charge in [0.2, 0.25) is 10.0 Å². The standard InChI is InChI=1S/C19H24N2O2S/c1-16-8-10-19(11-9-16)24(22,23)20-14-17-6-2-3-7-18(17)15-21-12-4-5-13-21/h2-3,6-11,20H,4-5,12-15H2,1H3. The van der Waals surface area contributed by atoms with Gasteiger partial charge in [0.05, 0.1) is 4.90 Å². The van der Waals surface area contributed by atoms with Crippen molar-refractivity contribution < 1.29 is 8.42 Å². The highest BCUT2D eigenvalue weighted by molar-refractivity contribution is 7.89. The van der Waals surface area contributed by atoms with Crippen LogP contribution in [-0.2, 0) is 23.1 Å². The lowest BCUT2D eigenvalue weighted by molar-refractivity contribution is 0.330. The maximum atomic E-state index is 12.5. The number of hydrogen-bond acceptors (Lipinski definition) is 3. The number of nitrogens with one attached hydrogen (secondary N) is 1. The van der Waals surface area contributed by atoms with Crippen LogP contribution >= 0.6 is 0 Å². The molecule has 4 nitrogen and oxygen atoms in total. The molecule has 1 heterocycles. The number of sulfonamides is 1. The van der Waals surface area contributed by atoms with Crippen molar-refractivity contribution in [1.82, 2.24) is 9.62 Å². The van der Waals surface area contributed by atoms with E-state index in [1.807, 2.05) is 37.3 Å². The van der Waals surface area contributed by atoms with E-state index in [2.05, 4.69) is 15.7 Å². The Hall–Kier alpha value is -1.69. The topological polar surface area (TPSA) is 49.4 Å². The van der Waals surface area contributed by atoms with E-state index in [1.54, 1.807) is 12.1 Å². The molecule has 0 bridgehead atoms. The van der Waals surface area contributed by atoms with Crippen molar-refractivity contribution in [3.8, 4) is 0 Å². The molecule has 24 heavy (non-hydrogen) atoms. The Morgan fingerprint density at radius 2 is 1.58 bits per heavy atom. The molecule has 1 N–H and O–H groups in total. The summed E-state index contributed by atoms with van der Waals surface area (Å²) in [5, 5.41) is 0. The monoisotopic (exact) mass is 344 g/mol. The average molecular weight is 344 g/mol. The molecule has 1 aliphatic rings. The fourth-order valence-electron chi connectivity index (χ4n) is 3.04. The van der Waals surface area contributed by atoms with Crippen LogP contribution in [0.25, 0.3) is 0 Å². The Bertz CT molecular complexity index is 779. The molecule has 0 atom stereocenters. The zero-order valence-electron chi connectivity index (χ0n) is 14.0. The van der Waals surface area contributed by atoms with Crippen LogP contribution in [0.15, 0.2) is 53.4 Å². The van der Waals surface area contributed by atoms with Crippen molar-refractivity contribution in [1.29, 1.82) is 0 Å². The van der Waals surface area contributed by atoms with E-state index in [0.29, 0.717) is 11.4 Å². The molecule has 3 rings (SSSR count). The van der Waals surface area contributed by atoms with Crippen molar-refractivity contribution in [3.05, 3.63) is 65.2 Å². The predicted octanol–water partition coefficient (Wildman–Crippen LogP) is 3.07. The molecule has 0 amide bonds. The van der Waals surface area contributed by atoms with Gasteiger partial charge >= 0.3 is 0 Å². The number of hydrogen-bond donors (Lipinski definition) is 1. The second kappa shape index (κ2) is 7.47. The number of benzene rings is 2. The first-order valence-corrected chi connectivity index (χ1v) is 9.88. The lowest BCUT2D eigenvalue weighted by atomic mass is 10.1. The van der Waals surface area contributed by atoms with Gasteiger partial charge in [0.15, 0.2) is 0 Å². The minimum absolute atomic E-state index is 0.310. The first-order valence-electron chi connectivity index (χ1n) is 8.40. The van der Waals surface area contributed by atoms with Crippen molar-refractivity contribution in [2.45, 2.75) is 37.8 Å². The molecule has 128 valence electrons. The minimum atomic E-state index is -3.48. The molecule has 1 fully saturated rings. The van der Waals surface area contributed by atoms with Crippen LogP contribution in [0.1, 0.15) is 29.5 Å². The van der Waals surface area contributed by atoms with Gasteiger partial charge in [-0.1, -0.05) is 42.0 Å². The molecule has 0 spiro atoms. The number of likely N-dealkylation sites (tertiary alicyclic amines) is 1. The van der Waals surface area contributed by atoms with E-state index in [4.69, 9.17) is 0 Å². The largest absolute Gasteiger partial charge is 0.299 e. The van der Waals surface area contributed by atoms with Gasteiger partial charge in [-0.2, -0.15) is 0 Å². The lowest BCUT2D eigenvalue weighted by Crippen LogP contribution is -2.25. The van der Waals surface area contributed by atoms with Gasteiger partial charge in [-0.05, 0) is 56.1 Å². The van der Waals surface area contributed by atoms with Crippen LogP contribution < -0.4 is 4.72 Å². The Kier molecular flexibility index (Phi) is 5.33. The van der Waals surface area contributed by atoms with E-state index in [-0.39, 0.29) is 0 Å². The SMILES string of the molecule is Cc1ccc(S(=O)(=O)NCc2ccccc2CN2CCCC2)cc1. The summed E-state index contributed by atoms with van der Waals surface area (Å²) in [4.78, 5) is 2.73. The maximum Gasteiger partial charge on any atom is 0.240 e. The van der Waals surface area contributed by atoms with Crippen molar-refractivity contribution in [3.63, 3.8) is 0 Å². The molecule has 1 saturated heterocycles. The Morgan fingerprint density at radius 3 is 2.25 bits per heavy atom. The second-order valence-electron chi connectivity index (χ2n) is 6.39. The Labute approximate surface area is 144 Å². The van der Waals surface area contributed by atoms with E-state index in [9.17, 15) is 8.42 Å². The number of aryl methyl sites for hydroxylation is 1. The average Bonchev–Trinajstić information content (AvgIpc) is 3.08. The molecule has 2 aromatic rings. The highest BCUT2D eigenvalue weighted by Gasteiger charge is 2.16. The van der Waals surface area contributed by atoms with Crippen LogP contribution in [0.3, 0.4) is 0 Å². The quantitative estimate of drug-likeness (QED) is 0.876. The van der Waals surface area contributed by atoms with Gasteiger partial charge in [-0.3, -0.25) is 4.90 Å². The van der Waals surface area contributed by atoms with Crippen LogP contribution in [-0.4, -0.2) is 26.4 Å². The number of rotatable bonds is 6. The molecule has 0 aliphatic carbocycles. The third-order valence-electron chi connectivity index (χ3n) is 4.49. The number of nitrogens with zero attached hydrogens (tertiary/aromatic N) is 1.